The fourth-order valence-corrected chi connectivity index (χ4v) is 3.62. The van der Waals surface area contributed by atoms with Crippen LogP contribution < -0.4 is 10.2 Å². The van der Waals surface area contributed by atoms with Crippen molar-refractivity contribution in [2.24, 2.45) is 0 Å². The van der Waals surface area contributed by atoms with Crippen LogP contribution in [0.2, 0.25) is 5.28 Å². The van der Waals surface area contributed by atoms with E-state index in [2.05, 4.69) is 20.2 Å². The van der Waals surface area contributed by atoms with Crippen LogP contribution in [0.3, 0.4) is 0 Å². The third-order valence-corrected chi connectivity index (χ3v) is 4.56. The molecule has 0 amide bonds. The van der Waals surface area contributed by atoms with Gasteiger partial charge in [0.15, 0.2) is 0 Å². The van der Waals surface area contributed by atoms with Gasteiger partial charge in [-0.1, -0.05) is 0 Å². The van der Waals surface area contributed by atoms with Crippen molar-refractivity contribution in [2.45, 2.75) is 12.8 Å². The van der Waals surface area contributed by atoms with E-state index in [0.29, 0.717) is 5.28 Å². The molecule has 0 spiro atoms. The van der Waals surface area contributed by atoms with E-state index in [1.165, 1.54) is 17.1 Å². The highest BCUT2D eigenvalue weighted by molar-refractivity contribution is 7.99. The van der Waals surface area contributed by atoms with E-state index in [-0.39, 0.29) is 0 Å². The van der Waals surface area contributed by atoms with Crippen molar-refractivity contribution in [3.05, 3.63) is 16.5 Å². The molecule has 1 fully saturated rings. The third kappa shape index (κ3) is 2.58. The molecule has 0 bridgehead atoms. The molecule has 18 heavy (non-hydrogen) atoms. The predicted octanol–water partition coefficient (Wildman–Crippen LogP) is 1.37. The van der Waals surface area contributed by atoms with Crippen molar-refractivity contribution in [1.82, 2.24) is 15.3 Å². The van der Waals surface area contributed by atoms with E-state index in [1.807, 2.05) is 11.8 Å². The maximum atomic E-state index is 6.08. The van der Waals surface area contributed by atoms with E-state index in [1.54, 1.807) is 0 Å². The van der Waals surface area contributed by atoms with Crippen molar-refractivity contribution in [3.63, 3.8) is 0 Å². The summed E-state index contributed by atoms with van der Waals surface area (Å²) in [4.78, 5) is 11.3. The van der Waals surface area contributed by atoms with Crippen molar-refractivity contribution >= 4 is 29.2 Å². The molecule has 1 aromatic heterocycles. The first-order chi connectivity index (χ1) is 8.84. The summed E-state index contributed by atoms with van der Waals surface area (Å²) in [5.41, 5.74) is 2.43. The molecule has 2 aliphatic rings. The summed E-state index contributed by atoms with van der Waals surface area (Å²) in [7, 11) is 0. The van der Waals surface area contributed by atoms with E-state index >= 15 is 0 Å². The lowest BCUT2D eigenvalue weighted by Gasteiger charge is -2.29. The quantitative estimate of drug-likeness (QED) is 0.789. The van der Waals surface area contributed by atoms with Crippen LogP contribution in [0.5, 0.6) is 0 Å². The van der Waals surface area contributed by atoms with Crippen molar-refractivity contribution in [2.75, 3.05) is 42.6 Å². The van der Waals surface area contributed by atoms with Crippen molar-refractivity contribution < 1.29 is 0 Å². The summed E-state index contributed by atoms with van der Waals surface area (Å²) < 4.78 is 0. The van der Waals surface area contributed by atoms with Crippen LogP contribution in [-0.2, 0) is 12.8 Å². The molecule has 0 saturated carbocycles. The first-order valence-electron chi connectivity index (χ1n) is 6.43. The standard InChI is InChI=1S/C12H17ClN4S/c13-12-15-10-2-4-14-3-1-9(10)11(16-12)17-5-7-18-8-6-17/h14H,1-8H2. The Kier molecular flexibility index (Phi) is 3.91. The summed E-state index contributed by atoms with van der Waals surface area (Å²) in [5, 5.41) is 3.80. The van der Waals surface area contributed by atoms with Gasteiger partial charge in [0.25, 0.3) is 0 Å². The van der Waals surface area contributed by atoms with Gasteiger partial charge < -0.3 is 10.2 Å². The Morgan fingerprint density at radius 1 is 1.11 bits per heavy atom. The molecule has 0 unspecified atom stereocenters. The maximum Gasteiger partial charge on any atom is 0.224 e. The zero-order valence-electron chi connectivity index (χ0n) is 10.3. The minimum Gasteiger partial charge on any atom is -0.355 e. The second-order valence-corrected chi connectivity index (χ2v) is 6.15. The van der Waals surface area contributed by atoms with Gasteiger partial charge in [-0.15, -0.1) is 0 Å². The van der Waals surface area contributed by atoms with E-state index in [9.17, 15) is 0 Å². The molecule has 1 aromatic rings. The lowest BCUT2D eigenvalue weighted by molar-refractivity contribution is 0.708. The number of fused-ring (bicyclic) bond motifs is 1. The Morgan fingerprint density at radius 3 is 2.72 bits per heavy atom. The maximum absolute atomic E-state index is 6.08. The Bertz CT molecular complexity index is 434. The lowest BCUT2D eigenvalue weighted by atomic mass is 10.1. The average Bonchev–Trinajstić information content (AvgIpc) is 2.64. The van der Waals surface area contributed by atoms with Crippen LogP contribution in [0.15, 0.2) is 0 Å². The number of nitrogens with zero attached hydrogens (tertiary/aromatic N) is 3. The molecule has 3 heterocycles. The van der Waals surface area contributed by atoms with E-state index in [4.69, 9.17) is 11.6 Å². The summed E-state index contributed by atoms with van der Waals surface area (Å²) in [6.07, 6.45) is 1.96. The number of hydrogen-bond donors (Lipinski definition) is 1. The Balaban J connectivity index is 1.98. The van der Waals surface area contributed by atoms with Crippen molar-refractivity contribution in [1.29, 1.82) is 0 Å². The number of thioether (sulfide) groups is 1. The van der Waals surface area contributed by atoms with Gasteiger partial charge >= 0.3 is 0 Å². The highest BCUT2D eigenvalue weighted by Gasteiger charge is 2.21. The van der Waals surface area contributed by atoms with Gasteiger partial charge in [0, 0.05) is 43.1 Å². The highest BCUT2D eigenvalue weighted by Crippen LogP contribution is 2.26. The highest BCUT2D eigenvalue weighted by atomic mass is 35.5. The van der Waals surface area contributed by atoms with Gasteiger partial charge in [-0.05, 0) is 24.6 Å². The van der Waals surface area contributed by atoms with Gasteiger partial charge in [-0.3, -0.25) is 0 Å². The molecule has 3 rings (SSSR count). The monoisotopic (exact) mass is 284 g/mol. The molecule has 0 aliphatic carbocycles. The SMILES string of the molecule is Clc1nc2c(c(N3CCSCC3)n1)CCNCC2. The summed E-state index contributed by atoms with van der Waals surface area (Å²) >= 11 is 8.09. The molecular formula is C12H17ClN4S. The summed E-state index contributed by atoms with van der Waals surface area (Å²) in [5.74, 6) is 3.43. The van der Waals surface area contributed by atoms with Gasteiger partial charge in [0.1, 0.15) is 5.82 Å². The summed E-state index contributed by atoms with van der Waals surface area (Å²) in [6.45, 7) is 4.12. The van der Waals surface area contributed by atoms with E-state index < -0.39 is 0 Å². The molecule has 0 aromatic carbocycles. The number of anilines is 1. The smallest absolute Gasteiger partial charge is 0.224 e. The number of nitrogens with one attached hydrogen (secondary N) is 1. The lowest BCUT2D eigenvalue weighted by Crippen LogP contribution is -2.34. The number of halogens is 1. The second kappa shape index (κ2) is 5.63. The van der Waals surface area contributed by atoms with Crippen LogP contribution in [0.4, 0.5) is 5.82 Å². The normalized spacial score (nSPS) is 20.4. The number of hydrogen-bond acceptors (Lipinski definition) is 5. The second-order valence-electron chi connectivity index (χ2n) is 4.59. The van der Waals surface area contributed by atoms with E-state index in [0.717, 1.165) is 50.5 Å². The summed E-state index contributed by atoms with van der Waals surface area (Å²) in [6, 6.07) is 0. The van der Waals surface area contributed by atoms with Crippen LogP contribution in [-0.4, -0.2) is 47.7 Å². The van der Waals surface area contributed by atoms with Crippen LogP contribution in [0, 0.1) is 0 Å². The minimum atomic E-state index is 0.392. The molecular weight excluding hydrogens is 268 g/mol. The number of aromatic nitrogens is 2. The molecule has 1 N–H and O–H groups in total. The van der Waals surface area contributed by atoms with Gasteiger partial charge in [-0.2, -0.15) is 11.8 Å². The van der Waals surface area contributed by atoms with Crippen molar-refractivity contribution in [3.8, 4) is 0 Å². The Morgan fingerprint density at radius 2 is 1.89 bits per heavy atom. The van der Waals surface area contributed by atoms with Crippen LogP contribution >= 0.6 is 23.4 Å². The molecule has 98 valence electrons. The fourth-order valence-electron chi connectivity index (χ4n) is 2.53. The van der Waals surface area contributed by atoms with Gasteiger partial charge in [0.05, 0.1) is 5.69 Å². The first-order valence-corrected chi connectivity index (χ1v) is 7.96. The van der Waals surface area contributed by atoms with Gasteiger partial charge in [0.2, 0.25) is 5.28 Å². The molecule has 2 aliphatic heterocycles. The molecule has 6 heteroatoms. The molecule has 0 radical (unpaired) electrons. The Hall–Kier alpha value is -0.520. The topological polar surface area (TPSA) is 41.1 Å². The average molecular weight is 285 g/mol. The zero-order chi connectivity index (χ0) is 12.4. The largest absolute Gasteiger partial charge is 0.355 e. The van der Waals surface area contributed by atoms with Crippen LogP contribution in [0.1, 0.15) is 11.3 Å². The molecule has 4 nitrogen and oxygen atoms in total. The predicted molar refractivity (Wildman–Crippen MR) is 76.9 cm³/mol. The van der Waals surface area contributed by atoms with Crippen LogP contribution in [0.25, 0.3) is 0 Å². The van der Waals surface area contributed by atoms with Gasteiger partial charge in [-0.25, -0.2) is 9.97 Å². The zero-order valence-corrected chi connectivity index (χ0v) is 11.9. The third-order valence-electron chi connectivity index (χ3n) is 3.44. The minimum absolute atomic E-state index is 0.392. The molecule has 1 saturated heterocycles. The first kappa shape index (κ1) is 12.5. The number of rotatable bonds is 1. The molecule has 0 atom stereocenters. The Labute approximate surface area is 117 Å². The fraction of sp³-hybridized carbons (Fsp3) is 0.667.